The number of pyridine rings is 1. The lowest BCUT2D eigenvalue weighted by Gasteiger charge is -2.22. The average Bonchev–Trinajstić information content (AvgIpc) is 3.35. The lowest BCUT2D eigenvalue weighted by molar-refractivity contribution is 0.0784. The highest BCUT2D eigenvalue weighted by atomic mass is 16.6. The zero-order valence-corrected chi connectivity index (χ0v) is 17.8. The van der Waals surface area contributed by atoms with Crippen molar-refractivity contribution in [1.29, 1.82) is 0 Å². The Morgan fingerprint density at radius 1 is 1.03 bits per heavy atom. The molecule has 1 fully saturated rings. The molecule has 2 aromatic carbocycles. The number of likely N-dealkylation sites (N-methyl/N-ethyl adjacent to an activating group) is 1. The van der Waals surface area contributed by atoms with Crippen LogP contribution in [0, 0.1) is 0 Å². The fourth-order valence-electron chi connectivity index (χ4n) is 4.31. The summed E-state index contributed by atoms with van der Waals surface area (Å²) in [4.78, 5) is 22.5. The fourth-order valence-corrected chi connectivity index (χ4v) is 4.31. The molecule has 1 amide bonds. The second-order valence-electron chi connectivity index (χ2n) is 8.21. The van der Waals surface area contributed by atoms with Crippen molar-refractivity contribution in [3.05, 3.63) is 54.1 Å². The van der Waals surface area contributed by atoms with Gasteiger partial charge in [0.05, 0.1) is 16.8 Å². The number of fused-ring (bicyclic) bond motifs is 2. The largest absolute Gasteiger partial charge is 0.486 e. The Balaban J connectivity index is 1.48. The molecule has 6 nitrogen and oxygen atoms in total. The molecular formula is C25H27N3O3. The van der Waals surface area contributed by atoms with Crippen LogP contribution in [0.1, 0.15) is 23.2 Å². The zero-order chi connectivity index (χ0) is 21.2. The number of para-hydroxylation sites is 1. The molecule has 1 aromatic heterocycles. The maximum Gasteiger partial charge on any atom is 0.254 e. The molecule has 2 aliphatic heterocycles. The second-order valence-corrected chi connectivity index (χ2v) is 8.21. The molecule has 0 saturated carbocycles. The summed E-state index contributed by atoms with van der Waals surface area (Å²) in [5, 5.41) is 0.877. The summed E-state index contributed by atoms with van der Waals surface area (Å²) in [5.74, 6) is 1.49. The minimum absolute atomic E-state index is 0.0246. The van der Waals surface area contributed by atoms with E-state index in [9.17, 15) is 4.79 Å². The van der Waals surface area contributed by atoms with Gasteiger partial charge in [-0.2, -0.15) is 0 Å². The highest BCUT2D eigenvalue weighted by molar-refractivity contribution is 6.07. The molecule has 0 aliphatic carbocycles. The third-order valence-corrected chi connectivity index (χ3v) is 6.08. The van der Waals surface area contributed by atoms with Gasteiger partial charge in [0.25, 0.3) is 5.91 Å². The minimum Gasteiger partial charge on any atom is -0.486 e. The molecule has 5 rings (SSSR count). The number of benzene rings is 2. The molecule has 3 aromatic rings. The van der Waals surface area contributed by atoms with Gasteiger partial charge in [-0.3, -0.25) is 4.79 Å². The normalized spacial score (nSPS) is 15.9. The number of rotatable bonds is 5. The Kier molecular flexibility index (Phi) is 5.47. The van der Waals surface area contributed by atoms with Gasteiger partial charge >= 0.3 is 0 Å². The maximum absolute atomic E-state index is 13.4. The van der Waals surface area contributed by atoms with Crippen molar-refractivity contribution in [2.24, 2.45) is 0 Å². The first kappa shape index (κ1) is 19.8. The van der Waals surface area contributed by atoms with E-state index in [4.69, 9.17) is 14.5 Å². The highest BCUT2D eigenvalue weighted by Gasteiger charge is 2.20. The average molecular weight is 418 g/mol. The van der Waals surface area contributed by atoms with Crippen molar-refractivity contribution < 1.29 is 14.3 Å². The molecule has 0 spiro atoms. The third-order valence-electron chi connectivity index (χ3n) is 6.08. The van der Waals surface area contributed by atoms with Crippen LogP contribution in [-0.2, 0) is 0 Å². The van der Waals surface area contributed by atoms with Crippen LogP contribution >= 0.6 is 0 Å². The smallest absolute Gasteiger partial charge is 0.254 e. The van der Waals surface area contributed by atoms with E-state index in [1.54, 1.807) is 0 Å². The predicted molar refractivity (Wildman–Crippen MR) is 121 cm³/mol. The molecule has 0 unspecified atom stereocenters. The van der Waals surface area contributed by atoms with Crippen LogP contribution in [-0.4, -0.2) is 67.1 Å². The standard InChI is InChI=1S/C25H27N3O3/c1-27(12-13-28-10-4-5-11-28)25(29)20-17-22(26-21-7-3-2-6-19(20)21)18-8-9-23-24(16-18)31-15-14-30-23/h2-3,6-9,16-17H,4-5,10-15H2,1H3. The van der Waals surface area contributed by atoms with E-state index in [1.807, 2.05) is 60.5 Å². The Hall–Kier alpha value is -3.12. The van der Waals surface area contributed by atoms with Crippen molar-refractivity contribution in [3.63, 3.8) is 0 Å². The van der Waals surface area contributed by atoms with Gasteiger partial charge in [-0.05, 0) is 56.3 Å². The van der Waals surface area contributed by atoms with Crippen molar-refractivity contribution in [1.82, 2.24) is 14.8 Å². The van der Waals surface area contributed by atoms with Crippen LogP contribution in [0.2, 0.25) is 0 Å². The van der Waals surface area contributed by atoms with E-state index >= 15 is 0 Å². The Morgan fingerprint density at radius 3 is 2.65 bits per heavy atom. The summed E-state index contributed by atoms with van der Waals surface area (Å²) in [6, 6.07) is 15.6. The Morgan fingerprint density at radius 2 is 1.81 bits per heavy atom. The third kappa shape index (κ3) is 4.08. The molecule has 160 valence electrons. The summed E-state index contributed by atoms with van der Waals surface area (Å²) in [6.45, 7) is 4.99. The number of carbonyl (C=O) groups excluding carboxylic acids is 1. The molecule has 1 saturated heterocycles. The number of hydrogen-bond donors (Lipinski definition) is 0. The summed E-state index contributed by atoms with van der Waals surface area (Å²) in [5.41, 5.74) is 3.15. The molecule has 0 N–H and O–H groups in total. The van der Waals surface area contributed by atoms with Crippen LogP contribution < -0.4 is 9.47 Å². The molecule has 0 atom stereocenters. The van der Waals surface area contributed by atoms with E-state index in [-0.39, 0.29) is 5.91 Å². The van der Waals surface area contributed by atoms with Crippen LogP contribution in [0.15, 0.2) is 48.5 Å². The number of amides is 1. The van der Waals surface area contributed by atoms with Gasteiger partial charge in [-0.25, -0.2) is 4.98 Å². The van der Waals surface area contributed by atoms with E-state index < -0.39 is 0 Å². The van der Waals surface area contributed by atoms with Gasteiger partial charge in [0, 0.05) is 31.1 Å². The SMILES string of the molecule is CN(CCN1CCCC1)C(=O)c1cc(-c2ccc3c(c2)OCCO3)nc2ccccc12. The minimum atomic E-state index is 0.0246. The molecule has 3 heterocycles. The lowest BCUT2D eigenvalue weighted by Crippen LogP contribution is -2.35. The summed E-state index contributed by atoms with van der Waals surface area (Å²) in [7, 11) is 1.89. The first-order valence-electron chi connectivity index (χ1n) is 11.0. The first-order valence-corrected chi connectivity index (χ1v) is 11.0. The number of ether oxygens (including phenoxy) is 2. The van der Waals surface area contributed by atoms with Crippen LogP contribution in [0.3, 0.4) is 0 Å². The monoisotopic (exact) mass is 417 g/mol. The highest BCUT2D eigenvalue weighted by Crippen LogP contribution is 2.35. The summed E-state index contributed by atoms with van der Waals surface area (Å²) in [6.07, 6.45) is 2.51. The second kappa shape index (κ2) is 8.55. The predicted octanol–water partition coefficient (Wildman–Crippen LogP) is 3.84. The van der Waals surface area contributed by atoms with Gasteiger partial charge in [0.1, 0.15) is 13.2 Å². The number of likely N-dealkylation sites (tertiary alicyclic amines) is 1. The van der Waals surface area contributed by atoms with Crippen molar-refractivity contribution in [2.45, 2.75) is 12.8 Å². The molecule has 6 heteroatoms. The van der Waals surface area contributed by atoms with Gasteiger partial charge in [0.2, 0.25) is 0 Å². The van der Waals surface area contributed by atoms with Crippen LogP contribution in [0.5, 0.6) is 11.5 Å². The Labute approximate surface area is 182 Å². The quantitative estimate of drug-likeness (QED) is 0.631. The van der Waals surface area contributed by atoms with Gasteiger partial charge in [0.15, 0.2) is 11.5 Å². The lowest BCUT2D eigenvalue weighted by atomic mass is 10.0. The molecule has 31 heavy (non-hydrogen) atoms. The van der Waals surface area contributed by atoms with E-state index in [1.165, 1.54) is 12.8 Å². The number of hydrogen-bond acceptors (Lipinski definition) is 5. The van der Waals surface area contributed by atoms with Gasteiger partial charge in [-0.1, -0.05) is 18.2 Å². The van der Waals surface area contributed by atoms with Crippen LogP contribution in [0.4, 0.5) is 0 Å². The fraction of sp³-hybridized carbons (Fsp3) is 0.360. The number of carbonyl (C=O) groups is 1. The van der Waals surface area contributed by atoms with Crippen molar-refractivity contribution in [3.8, 4) is 22.8 Å². The topological polar surface area (TPSA) is 54.9 Å². The van der Waals surface area contributed by atoms with Gasteiger partial charge < -0.3 is 19.3 Å². The number of nitrogens with zero attached hydrogens (tertiary/aromatic N) is 3. The van der Waals surface area contributed by atoms with E-state index in [2.05, 4.69) is 4.90 Å². The van der Waals surface area contributed by atoms with Crippen LogP contribution in [0.25, 0.3) is 22.2 Å². The van der Waals surface area contributed by atoms with Crippen molar-refractivity contribution in [2.75, 3.05) is 46.4 Å². The Bertz CT molecular complexity index is 1110. The molecule has 2 aliphatic rings. The summed E-state index contributed by atoms with van der Waals surface area (Å²) < 4.78 is 11.4. The molecular weight excluding hydrogens is 390 g/mol. The number of aromatic nitrogens is 1. The van der Waals surface area contributed by atoms with E-state index in [0.717, 1.165) is 54.1 Å². The summed E-state index contributed by atoms with van der Waals surface area (Å²) >= 11 is 0. The zero-order valence-electron chi connectivity index (χ0n) is 17.8. The maximum atomic E-state index is 13.4. The molecule has 0 radical (unpaired) electrons. The van der Waals surface area contributed by atoms with E-state index in [0.29, 0.717) is 24.5 Å². The first-order chi connectivity index (χ1) is 15.2. The van der Waals surface area contributed by atoms with Crippen molar-refractivity contribution >= 4 is 16.8 Å². The van der Waals surface area contributed by atoms with Gasteiger partial charge in [-0.15, -0.1) is 0 Å². The molecule has 0 bridgehead atoms.